The summed E-state index contributed by atoms with van der Waals surface area (Å²) in [6.45, 7) is -1.89. The molecule has 0 aliphatic carbocycles. The Kier molecular flexibility index (Phi) is 5.32. The van der Waals surface area contributed by atoms with E-state index >= 15 is 0 Å². The fraction of sp³-hybridized carbons (Fsp3) is 1.00. The fourth-order valence-corrected chi connectivity index (χ4v) is 0.701. The molecular weight excluding hydrogens is 248 g/mol. The van der Waals surface area contributed by atoms with Crippen LogP contribution in [-0.4, -0.2) is 56.2 Å². The molecule has 0 aromatic rings. The monoisotopic (exact) mass is 260 g/mol. The molecule has 0 amide bonds. The maximum absolute atomic E-state index is 10.1. The summed E-state index contributed by atoms with van der Waals surface area (Å²) in [5, 5.41) is 21.9. The van der Waals surface area contributed by atoms with Crippen molar-refractivity contribution in [2.45, 2.75) is 5.54 Å². The summed E-state index contributed by atoms with van der Waals surface area (Å²) in [5.41, 5.74) is 1.85. The molecular formula is C4H12N4O9+4. The van der Waals surface area contributed by atoms with E-state index < -0.39 is 40.6 Å². The summed E-state index contributed by atoms with van der Waals surface area (Å²) in [6.07, 6.45) is 0. The summed E-state index contributed by atoms with van der Waals surface area (Å²) < 4.78 is 0. The fourth-order valence-electron chi connectivity index (χ4n) is 0.701. The standard InChI is InChI=1S/C4H11N4O9/c5-4(1-15-6(9)10,2-16-7(11)12)3-17-8(13)14/h1-3,5H2,(H,9,10)(H,11,12)(H,13,14)/q+3/p+1. The summed E-state index contributed by atoms with van der Waals surface area (Å²) in [7, 11) is 0. The minimum Gasteiger partial charge on any atom is -0.343 e. The van der Waals surface area contributed by atoms with Gasteiger partial charge in [0.25, 0.3) is 0 Å². The van der Waals surface area contributed by atoms with E-state index in [0.29, 0.717) is 0 Å². The first-order valence-electron chi connectivity index (χ1n) is 3.98. The van der Waals surface area contributed by atoms with Crippen molar-refractivity contribution in [1.29, 1.82) is 0 Å². The van der Waals surface area contributed by atoms with Gasteiger partial charge in [-0.15, -0.1) is 0 Å². The van der Waals surface area contributed by atoms with Crippen LogP contribution in [0.1, 0.15) is 0 Å². The lowest BCUT2D eigenvalue weighted by Gasteiger charge is -2.14. The largest absolute Gasteiger partial charge is 0.475 e. The number of hydrogen-bond acceptors (Lipinski definition) is 6. The van der Waals surface area contributed by atoms with Gasteiger partial charge in [0, 0.05) is 0 Å². The van der Waals surface area contributed by atoms with Crippen LogP contribution in [0.5, 0.6) is 0 Å². The van der Waals surface area contributed by atoms with Crippen LogP contribution in [0.25, 0.3) is 0 Å². The molecule has 0 aromatic heterocycles. The van der Waals surface area contributed by atoms with Crippen molar-refractivity contribution in [3.63, 3.8) is 0 Å². The molecule has 0 saturated heterocycles. The van der Waals surface area contributed by atoms with Crippen molar-refractivity contribution >= 4 is 0 Å². The van der Waals surface area contributed by atoms with E-state index in [1.165, 1.54) is 0 Å². The Morgan fingerprint density at radius 3 is 1.24 bits per heavy atom. The summed E-state index contributed by atoms with van der Waals surface area (Å²) in [6, 6.07) is 0. The van der Waals surface area contributed by atoms with Crippen molar-refractivity contribution in [3.05, 3.63) is 14.7 Å². The highest BCUT2D eigenvalue weighted by Crippen LogP contribution is 2.01. The Morgan fingerprint density at radius 1 is 0.824 bits per heavy atom. The van der Waals surface area contributed by atoms with Crippen molar-refractivity contribution in [2.24, 2.45) is 0 Å². The quantitative estimate of drug-likeness (QED) is 0.320. The third kappa shape index (κ3) is 7.48. The molecule has 17 heavy (non-hydrogen) atoms. The van der Waals surface area contributed by atoms with Crippen LogP contribution in [0, 0.1) is 14.7 Å². The van der Waals surface area contributed by atoms with E-state index in [1.807, 2.05) is 0 Å². The Hall–Kier alpha value is -2.44. The van der Waals surface area contributed by atoms with Crippen LogP contribution < -0.4 is 5.73 Å². The predicted molar refractivity (Wildman–Crippen MR) is 39.7 cm³/mol. The van der Waals surface area contributed by atoms with E-state index in [0.717, 1.165) is 0 Å². The highest BCUT2D eigenvalue weighted by Gasteiger charge is 2.42. The maximum atomic E-state index is 10.1. The number of rotatable bonds is 9. The molecule has 0 bridgehead atoms. The average molecular weight is 260 g/mol. The smallest absolute Gasteiger partial charge is 0.343 e. The van der Waals surface area contributed by atoms with Gasteiger partial charge in [-0.1, -0.05) is 0 Å². The van der Waals surface area contributed by atoms with Gasteiger partial charge in [0.15, 0.2) is 0 Å². The number of nitrogens with zero attached hydrogens (tertiary/aromatic N) is 3. The molecule has 0 spiro atoms. The minimum absolute atomic E-state index is 0.630. The third-order valence-corrected chi connectivity index (χ3v) is 1.44. The van der Waals surface area contributed by atoms with E-state index in [9.17, 15) is 14.7 Å². The lowest BCUT2D eigenvalue weighted by atomic mass is 10.1. The molecule has 13 nitrogen and oxygen atoms in total. The molecule has 0 saturated carbocycles. The van der Waals surface area contributed by atoms with Crippen LogP contribution in [0.2, 0.25) is 0 Å². The van der Waals surface area contributed by atoms with E-state index in [2.05, 4.69) is 20.2 Å². The first kappa shape index (κ1) is 14.6. The zero-order chi connectivity index (χ0) is 13.5. The molecule has 0 fully saturated rings. The molecule has 0 aliphatic heterocycles. The highest BCUT2D eigenvalue weighted by atomic mass is 17.0. The van der Waals surface area contributed by atoms with Crippen LogP contribution >= 0.6 is 0 Å². The van der Waals surface area contributed by atoms with Crippen molar-refractivity contribution < 1.29 is 51.1 Å². The lowest BCUT2D eigenvalue weighted by Crippen LogP contribution is -2.79. The molecule has 0 rings (SSSR count). The molecule has 0 atom stereocenters. The van der Waals surface area contributed by atoms with Crippen LogP contribution in [0.15, 0.2) is 0 Å². The molecule has 0 heterocycles. The Morgan fingerprint density at radius 2 is 1.06 bits per heavy atom. The zero-order valence-electron chi connectivity index (χ0n) is 8.46. The van der Waals surface area contributed by atoms with Crippen molar-refractivity contribution in [2.75, 3.05) is 19.8 Å². The van der Waals surface area contributed by atoms with Gasteiger partial charge >= 0.3 is 15.3 Å². The highest BCUT2D eigenvalue weighted by molar-refractivity contribution is 4.73. The van der Waals surface area contributed by atoms with Gasteiger partial charge in [0.2, 0.25) is 25.4 Å². The third-order valence-electron chi connectivity index (χ3n) is 1.44. The average Bonchev–Trinajstić information content (AvgIpc) is 2.21. The Bertz CT molecular complexity index is 260. The van der Waals surface area contributed by atoms with E-state index in [-0.39, 0.29) is 0 Å². The first-order valence-corrected chi connectivity index (χ1v) is 3.98. The van der Waals surface area contributed by atoms with Gasteiger partial charge in [0.1, 0.15) is 14.7 Å². The van der Waals surface area contributed by atoms with E-state index in [1.54, 1.807) is 0 Å². The van der Waals surface area contributed by atoms with Crippen molar-refractivity contribution in [1.82, 2.24) is 0 Å². The lowest BCUT2D eigenvalue weighted by molar-refractivity contribution is -0.992. The van der Waals surface area contributed by atoms with Gasteiger partial charge in [-0.25, -0.2) is 15.6 Å². The first-order chi connectivity index (χ1) is 7.75. The van der Waals surface area contributed by atoms with Gasteiger partial charge < -0.3 is 5.73 Å². The molecule has 6 N–H and O–H groups in total. The summed E-state index contributed by atoms with van der Waals surface area (Å²) >= 11 is 0. The Labute approximate surface area is 92.3 Å². The van der Waals surface area contributed by atoms with Crippen LogP contribution in [0.4, 0.5) is 0 Å². The molecule has 98 valence electrons. The van der Waals surface area contributed by atoms with Crippen LogP contribution in [0.3, 0.4) is 0 Å². The normalized spacial score (nSPS) is 10.4. The van der Waals surface area contributed by atoms with Gasteiger partial charge in [0.05, 0.1) is 0 Å². The van der Waals surface area contributed by atoms with E-state index in [4.69, 9.17) is 15.6 Å². The summed E-state index contributed by atoms with van der Waals surface area (Å²) in [4.78, 5) is 42.4. The summed E-state index contributed by atoms with van der Waals surface area (Å²) in [5.74, 6) is 0. The van der Waals surface area contributed by atoms with Gasteiger partial charge in [-0.3, -0.25) is 0 Å². The minimum atomic E-state index is -1.53. The number of hydrogen-bond donors (Lipinski definition) is 4. The topological polar surface area (TPSA) is 176 Å². The number of quaternary nitrogens is 1. The van der Waals surface area contributed by atoms with Gasteiger partial charge in [-0.05, 0) is 0 Å². The van der Waals surface area contributed by atoms with Crippen LogP contribution in [-0.2, 0) is 14.5 Å². The molecule has 13 heteroatoms. The zero-order valence-corrected chi connectivity index (χ0v) is 8.46. The Balaban J connectivity index is 4.37. The predicted octanol–water partition coefficient (Wildman–Crippen LogP) is -2.73. The second-order valence-corrected chi connectivity index (χ2v) is 3.03. The second-order valence-electron chi connectivity index (χ2n) is 3.03. The SMILES string of the molecule is [NH3+]C(CO[N+](=O)O)(CO[N+](=O)O)CO[N+](=O)O. The van der Waals surface area contributed by atoms with Gasteiger partial charge in [-0.2, -0.15) is 14.5 Å². The molecule has 0 unspecified atom stereocenters. The maximum Gasteiger partial charge on any atom is 0.475 e. The molecule has 0 aromatic carbocycles. The molecule has 0 aliphatic rings. The van der Waals surface area contributed by atoms with Crippen molar-refractivity contribution in [3.8, 4) is 0 Å². The molecule has 0 radical (unpaired) electrons. The second kappa shape index (κ2) is 6.21.